The first-order valence-electron chi connectivity index (χ1n) is 5.87. The first-order valence-corrected chi connectivity index (χ1v) is 6.24. The van der Waals surface area contributed by atoms with Gasteiger partial charge in [-0.25, -0.2) is 0 Å². The van der Waals surface area contributed by atoms with Gasteiger partial charge >= 0.3 is 0 Å². The summed E-state index contributed by atoms with van der Waals surface area (Å²) in [5, 5.41) is 5.39. The maximum absolute atomic E-state index is 5.86. The highest BCUT2D eigenvalue weighted by molar-refractivity contribution is 6.30. The average Bonchev–Trinajstić information content (AvgIpc) is 2.85. The van der Waals surface area contributed by atoms with Gasteiger partial charge in [0.15, 0.2) is 0 Å². The van der Waals surface area contributed by atoms with Gasteiger partial charge < -0.3 is 10.3 Å². The molecule has 0 saturated heterocycles. The third kappa shape index (κ3) is 2.34. The number of hydrogen-bond donors (Lipinski definition) is 2. The molecule has 0 saturated carbocycles. The smallest absolute Gasteiger partial charge is 0.0455 e. The Hall–Kier alpha value is -1.93. The Kier molecular flexibility index (Phi) is 2.95. The lowest BCUT2D eigenvalue weighted by molar-refractivity contribution is 1.15. The molecule has 0 bridgehead atoms. The van der Waals surface area contributed by atoms with E-state index >= 15 is 0 Å². The summed E-state index contributed by atoms with van der Waals surface area (Å²) in [5.41, 5.74) is 3.50. The first-order chi connectivity index (χ1) is 8.81. The molecule has 2 nitrogen and oxygen atoms in total. The molecule has 0 unspecified atom stereocenters. The normalized spacial score (nSPS) is 10.7. The predicted molar refractivity (Wildman–Crippen MR) is 77.1 cm³/mol. The van der Waals surface area contributed by atoms with Gasteiger partial charge in [0, 0.05) is 34.4 Å². The van der Waals surface area contributed by atoms with Crippen molar-refractivity contribution in [1.82, 2.24) is 4.98 Å². The Balaban J connectivity index is 1.74. The minimum atomic E-state index is 0.771. The number of anilines is 1. The number of nitrogens with one attached hydrogen (secondary N) is 2. The van der Waals surface area contributed by atoms with Crippen molar-refractivity contribution in [2.45, 2.75) is 6.54 Å². The minimum absolute atomic E-state index is 0.771. The molecular weight excluding hydrogens is 244 g/mol. The topological polar surface area (TPSA) is 27.8 Å². The lowest BCUT2D eigenvalue weighted by atomic mass is 10.2. The average molecular weight is 257 g/mol. The van der Waals surface area contributed by atoms with E-state index in [0.29, 0.717) is 0 Å². The SMILES string of the molecule is Clc1ccc(CNc2ccc3[nH]ccc3c2)cc1. The van der Waals surface area contributed by atoms with Crippen molar-refractivity contribution in [3.05, 3.63) is 65.3 Å². The van der Waals surface area contributed by atoms with E-state index in [2.05, 4.69) is 34.6 Å². The summed E-state index contributed by atoms with van der Waals surface area (Å²) < 4.78 is 0. The van der Waals surface area contributed by atoms with Crippen molar-refractivity contribution >= 4 is 28.2 Å². The fraction of sp³-hybridized carbons (Fsp3) is 0.0667. The molecule has 0 aliphatic rings. The molecule has 0 aliphatic carbocycles. The maximum atomic E-state index is 5.86. The molecule has 18 heavy (non-hydrogen) atoms. The van der Waals surface area contributed by atoms with Crippen LogP contribution in [0.4, 0.5) is 5.69 Å². The van der Waals surface area contributed by atoms with E-state index < -0.39 is 0 Å². The van der Waals surface area contributed by atoms with Gasteiger partial charge in [0.2, 0.25) is 0 Å². The van der Waals surface area contributed by atoms with Crippen LogP contribution in [0.25, 0.3) is 10.9 Å². The predicted octanol–water partition coefficient (Wildman–Crippen LogP) is 4.43. The van der Waals surface area contributed by atoms with Crippen molar-refractivity contribution in [3.63, 3.8) is 0 Å². The van der Waals surface area contributed by atoms with Crippen LogP contribution in [0.15, 0.2) is 54.7 Å². The number of aromatic amines is 1. The number of H-pyrrole nitrogens is 1. The molecule has 1 heterocycles. The van der Waals surface area contributed by atoms with Crippen molar-refractivity contribution in [3.8, 4) is 0 Å². The van der Waals surface area contributed by atoms with E-state index in [4.69, 9.17) is 11.6 Å². The Bertz CT molecular complexity index is 656. The fourth-order valence-corrected chi connectivity index (χ4v) is 2.10. The third-order valence-corrected chi connectivity index (χ3v) is 3.22. The van der Waals surface area contributed by atoms with Gasteiger partial charge in [-0.2, -0.15) is 0 Å². The number of fused-ring (bicyclic) bond motifs is 1. The van der Waals surface area contributed by atoms with Crippen LogP contribution in [-0.2, 0) is 6.54 Å². The molecule has 2 N–H and O–H groups in total. The molecule has 0 spiro atoms. The van der Waals surface area contributed by atoms with Crippen LogP contribution in [0.2, 0.25) is 5.02 Å². The summed E-state index contributed by atoms with van der Waals surface area (Å²) in [6.45, 7) is 0.799. The second-order valence-corrected chi connectivity index (χ2v) is 4.70. The van der Waals surface area contributed by atoms with Crippen LogP contribution >= 0.6 is 11.6 Å². The highest BCUT2D eigenvalue weighted by Gasteiger charge is 1.97. The van der Waals surface area contributed by atoms with Crippen molar-refractivity contribution in [2.75, 3.05) is 5.32 Å². The highest BCUT2D eigenvalue weighted by Crippen LogP contribution is 2.18. The Morgan fingerprint density at radius 3 is 2.67 bits per heavy atom. The van der Waals surface area contributed by atoms with E-state index in [-0.39, 0.29) is 0 Å². The third-order valence-electron chi connectivity index (χ3n) is 2.96. The van der Waals surface area contributed by atoms with Crippen LogP contribution in [-0.4, -0.2) is 4.98 Å². The first kappa shape index (κ1) is 11.2. The van der Waals surface area contributed by atoms with Gasteiger partial charge in [-0.1, -0.05) is 23.7 Å². The highest BCUT2D eigenvalue weighted by atomic mass is 35.5. The molecule has 0 atom stereocenters. The summed E-state index contributed by atoms with van der Waals surface area (Å²) >= 11 is 5.86. The summed E-state index contributed by atoms with van der Waals surface area (Å²) in [4.78, 5) is 3.18. The van der Waals surface area contributed by atoms with Crippen molar-refractivity contribution < 1.29 is 0 Å². The quantitative estimate of drug-likeness (QED) is 0.713. The molecular formula is C15H13ClN2. The van der Waals surface area contributed by atoms with Crippen LogP contribution in [0.1, 0.15) is 5.56 Å². The van der Waals surface area contributed by atoms with Crippen LogP contribution in [0.3, 0.4) is 0 Å². The number of halogens is 1. The largest absolute Gasteiger partial charge is 0.381 e. The number of rotatable bonds is 3. The number of hydrogen-bond acceptors (Lipinski definition) is 1. The summed E-state index contributed by atoms with van der Waals surface area (Å²) in [7, 11) is 0. The lowest BCUT2D eigenvalue weighted by Crippen LogP contribution is -1.98. The fourth-order valence-electron chi connectivity index (χ4n) is 1.97. The molecule has 3 heteroatoms. The van der Waals surface area contributed by atoms with Gasteiger partial charge in [0.1, 0.15) is 0 Å². The summed E-state index contributed by atoms with van der Waals surface area (Å²) in [6, 6.07) is 16.3. The van der Waals surface area contributed by atoms with E-state index in [1.807, 2.05) is 30.5 Å². The second kappa shape index (κ2) is 4.75. The zero-order valence-corrected chi connectivity index (χ0v) is 10.5. The molecule has 0 amide bonds. The number of benzene rings is 2. The summed E-state index contributed by atoms with van der Waals surface area (Å²) in [6.07, 6.45) is 1.95. The van der Waals surface area contributed by atoms with Crippen LogP contribution in [0.5, 0.6) is 0 Å². The minimum Gasteiger partial charge on any atom is -0.381 e. The Morgan fingerprint density at radius 2 is 1.83 bits per heavy atom. The van der Waals surface area contributed by atoms with E-state index in [0.717, 1.165) is 22.8 Å². The summed E-state index contributed by atoms with van der Waals surface area (Å²) in [5.74, 6) is 0. The second-order valence-electron chi connectivity index (χ2n) is 4.26. The van der Waals surface area contributed by atoms with Crippen LogP contribution in [0, 0.1) is 0 Å². The molecule has 90 valence electrons. The van der Waals surface area contributed by atoms with Gasteiger partial charge in [-0.15, -0.1) is 0 Å². The Labute approximate surface area is 111 Å². The molecule has 3 aromatic rings. The van der Waals surface area contributed by atoms with E-state index in [9.17, 15) is 0 Å². The lowest BCUT2D eigenvalue weighted by Gasteiger charge is -2.06. The molecule has 1 aromatic heterocycles. The van der Waals surface area contributed by atoms with Gasteiger partial charge in [0.05, 0.1) is 0 Å². The Morgan fingerprint density at radius 1 is 1.00 bits per heavy atom. The van der Waals surface area contributed by atoms with Crippen molar-refractivity contribution in [1.29, 1.82) is 0 Å². The zero-order chi connectivity index (χ0) is 12.4. The molecule has 3 rings (SSSR count). The molecule has 0 fully saturated rings. The zero-order valence-electron chi connectivity index (χ0n) is 9.78. The van der Waals surface area contributed by atoms with E-state index in [1.165, 1.54) is 10.9 Å². The monoisotopic (exact) mass is 256 g/mol. The number of aromatic nitrogens is 1. The van der Waals surface area contributed by atoms with E-state index in [1.54, 1.807) is 0 Å². The standard InChI is InChI=1S/C15H13ClN2/c16-13-3-1-11(2-4-13)10-18-14-5-6-15-12(9-14)7-8-17-15/h1-9,17-18H,10H2. The molecule has 0 aliphatic heterocycles. The van der Waals surface area contributed by atoms with Crippen molar-refractivity contribution in [2.24, 2.45) is 0 Å². The molecule has 0 radical (unpaired) electrons. The van der Waals surface area contributed by atoms with Gasteiger partial charge in [-0.3, -0.25) is 0 Å². The van der Waals surface area contributed by atoms with Crippen LogP contribution < -0.4 is 5.32 Å². The van der Waals surface area contributed by atoms with Gasteiger partial charge in [0.25, 0.3) is 0 Å². The maximum Gasteiger partial charge on any atom is 0.0455 e. The molecule has 2 aromatic carbocycles. The van der Waals surface area contributed by atoms with Gasteiger partial charge in [-0.05, 0) is 42.0 Å².